The third kappa shape index (κ3) is 5.02. The predicted octanol–water partition coefficient (Wildman–Crippen LogP) is 3.40. The van der Waals surface area contributed by atoms with Gasteiger partial charge < -0.3 is 15.4 Å². The van der Waals surface area contributed by atoms with Crippen LogP contribution in [0, 0.1) is 0 Å². The van der Waals surface area contributed by atoms with E-state index in [0.29, 0.717) is 5.02 Å². The number of halogens is 1. The van der Waals surface area contributed by atoms with Crippen LogP contribution in [0.4, 0.5) is 5.69 Å². The molecule has 0 saturated heterocycles. The number of hydrogen-bond donors (Lipinski definition) is 2. The molecular formula is C16H15ClN2O2S. The number of anilines is 1. The Labute approximate surface area is 139 Å². The standard InChI is InChI=1S/C16H15ClN2O2S/c1-21-14-8-2-11(3-9-14)10-15(20)19-16(22)18-13-6-4-12(17)5-7-13/h2-9H,10H2,1H3,(H2,18,19,20,22). The zero-order valence-corrected chi connectivity index (χ0v) is 13.5. The van der Waals surface area contributed by atoms with Crippen LogP contribution in [-0.2, 0) is 11.2 Å². The highest BCUT2D eigenvalue weighted by Gasteiger charge is 2.06. The van der Waals surface area contributed by atoms with Crippen LogP contribution in [0.25, 0.3) is 0 Å². The Morgan fingerprint density at radius 1 is 1.14 bits per heavy atom. The van der Waals surface area contributed by atoms with Crippen LogP contribution < -0.4 is 15.4 Å². The van der Waals surface area contributed by atoms with Crippen molar-refractivity contribution in [2.24, 2.45) is 0 Å². The highest BCUT2D eigenvalue weighted by Crippen LogP contribution is 2.13. The first kappa shape index (κ1) is 16.3. The first-order valence-electron chi connectivity index (χ1n) is 6.56. The second-order valence-electron chi connectivity index (χ2n) is 4.53. The Kier molecular flexibility index (Phi) is 5.75. The monoisotopic (exact) mass is 334 g/mol. The van der Waals surface area contributed by atoms with Crippen molar-refractivity contribution in [1.82, 2.24) is 5.32 Å². The largest absolute Gasteiger partial charge is 0.497 e. The zero-order chi connectivity index (χ0) is 15.9. The molecule has 0 aliphatic heterocycles. The van der Waals surface area contributed by atoms with Crippen molar-refractivity contribution >= 4 is 40.5 Å². The van der Waals surface area contributed by atoms with E-state index in [1.807, 2.05) is 24.3 Å². The number of carbonyl (C=O) groups excluding carboxylic acids is 1. The van der Waals surface area contributed by atoms with E-state index < -0.39 is 0 Å². The van der Waals surface area contributed by atoms with Gasteiger partial charge in [0.15, 0.2) is 5.11 Å². The summed E-state index contributed by atoms with van der Waals surface area (Å²) in [6, 6.07) is 14.4. The number of carbonyl (C=O) groups is 1. The fourth-order valence-corrected chi connectivity index (χ4v) is 2.15. The minimum atomic E-state index is -0.184. The van der Waals surface area contributed by atoms with Crippen LogP contribution in [0.2, 0.25) is 5.02 Å². The van der Waals surface area contributed by atoms with E-state index in [-0.39, 0.29) is 17.4 Å². The summed E-state index contributed by atoms with van der Waals surface area (Å²) in [7, 11) is 1.60. The highest BCUT2D eigenvalue weighted by molar-refractivity contribution is 7.80. The number of hydrogen-bond acceptors (Lipinski definition) is 3. The summed E-state index contributed by atoms with van der Waals surface area (Å²) < 4.78 is 5.07. The fourth-order valence-electron chi connectivity index (χ4n) is 1.80. The van der Waals surface area contributed by atoms with Crippen molar-refractivity contribution in [3.63, 3.8) is 0 Å². The summed E-state index contributed by atoms with van der Waals surface area (Å²) in [6.07, 6.45) is 0.242. The molecule has 0 aromatic heterocycles. The SMILES string of the molecule is COc1ccc(CC(=O)NC(=S)Nc2ccc(Cl)cc2)cc1. The average molecular weight is 335 g/mol. The highest BCUT2D eigenvalue weighted by atomic mass is 35.5. The zero-order valence-electron chi connectivity index (χ0n) is 11.9. The maximum absolute atomic E-state index is 11.9. The number of rotatable bonds is 4. The topological polar surface area (TPSA) is 50.4 Å². The molecule has 4 nitrogen and oxygen atoms in total. The van der Waals surface area contributed by atoms with Gasteiger partial charge in [-0.15, -0.1) is 0 Å². The lowest BCUT2D eigenvalue weighted by Crippen LogP contribution is -2.35. The lowest BCUT2D eigenvalue weighted by Gasteiger charge is -2.10. The summed E-state index contributed by atoms with van der Waals surface area (Å²) in [5.41, 5.74) is 1.65. The van der Waals surface area contributed by atoms with E-state index in [1.54, 1.807) is 31.4 Å². The smallest absolute Gasteiger partial charge is 0.230 e. The van der Waals surface area contributed by atoms with Crippen LogP contribution in [0.3, 0.4) is 0 Å². The maximum atomic E-state index is 11.9. The molecule has 22 heavy (non-hydrogen) atoms. The van der Waals surface area contributed by atoms with Crippen molar-refractivity contribution < 1.29 is 9.53 Å². The second-order valence-corrected chi connectivity index (χ2v) is 5.38. The van der Waals surface area contributed by atoms with Crippen molar-refractivity contribution in [2.45, 2.75) is 6.42 Å². The molecule has 0 bridgehead atoms. The third-order valence-electron chi connectivity index (χ3n) is 2.88. The van der Waals surface area contributed by atoms with E-state index in [1.165, 1.54) is 0 Å². The van der Waals surface area contributed by atoms with Crippen LogP contribution in [0.5, 0.6) is 5.75 Å². The Hall–Kier alpha value is -2.11. The molecule has 0 unspecified atom stereocenters. The van der Waals surface area contributed by atoms with E-state index >= 15 is 0 Å². The number of methoxy groups -OCH3 is 1. The molecule has 0 aliphatic carbocycles. The van der Waals surface area contributed by atoms with Gasteiger partial charge in [0.05, 0.1) is 13.5 Å². The summed E-state index contributed by atoms with van der Waals surface area (Å²) in [4.78, 5) is 11.9. The average Bonchev–Trinajstić information content (AvgIpc) is 2.50. The van der Waals surface area contributed by atoms with Crippen molar-refractivity contribution in [2.75, 3.05) is 12.4 Å². The van der Waals surface area contributed by atoms with Crippen LogP contribution in [0.15, 0.2) is 48.5 Å². The van der Waals surface area contributed by atoms with Gasteiger partial charge in [0.1, 0.15) is 5.75 Å². The molecular weight excluding hydrogens is 320 g/mol. The molecule has 1 amide bonds. The Morgan fingerprint density at radius 3 is 2.36 bits per heavy atom. The fraction of sp³-hybridized carbons (Fsp3) is 0.125. The van der Waals surface area contributed by atoms with Gasteiger partial charge in [-0.05, 0) is 54.2 Å². The maximum Gasteiger partial charge on any atom is 0.230 e. The van der Waals surface area contributed by atoms with Crippen molar-refractivity contribution in [1.29, 1.82) is 0 Å². The molecule has 2 rings (SSSR count). The summed E-state index contributed by atoms with van der Waals surface area (Å²) >= 11 is 10.9. The minimum Gasteiger partial charge on any atom is -0.497 e. The molecule has 2 aromatic carbocycles. The van der Waals surface area contributed by atoms with E-state index in [9.17, 15) is 4.79 Å². The molecule has 2 aromatic rings. The lowest BCUT2D eigenvalue weighted by molar-refractivity contribution is -0.119. The molecule has 0 heterocycles. The first-order chi connectivity index (χ1) is 10.6. The van der Waals surface area contributed by atoms with Crippen LogP contribution >= 0.6 is 23.8 Å². The predicted molar refractivity (Wildman–Crippen MR) is 92.5 cm³/mol. The third-order valence-corrected chi connectivity index (χ3v) is 3.33. The lowest BCUT2D eigenvalue weighted by atomic mass is 10.1. The van der Waals surface area contributed by atoms with Crippen LogP contribution in [0.1, 0.15) is 5.56 Å². The number of benzene rings is 2. The summed E-state index contributed by atoms with van der Waals surface area (Å²) in [6.45, 7) is 0. The summed E-state index contributed by atoms with van der Waals surface area (Å²) in [5, 5.41) is 6.45. The van der Waals surface area contributed by atoms with E-state index in [4.69, 9.17) is 28.6 Å². The molecule has 6 heteroatoms. The number of amides is 1. The molecule has 0 aliphatic rings. The second kappa shape index (κ2) is 7.77. The van der Waals surface area contributed by atoms with E-state index in [2.05, 4.69) is 10.6 Å². The first-order valence-corrected chi connectivity index (χ1v) is 7.35. The van der Waals surface area contributed by atoms with Gasteiger partial charge in [0.2, 0.25) is 5.91 Å². The Balaban J connectivity index is 1.85. The molecule has 0 spiro atoms. The van der Waals surface area contributed by atoms with Gasteiger partial charge in [0, 0.05) is 10.7 Å². The van der Waals surface area contributed by atoms with Gasteiger partial charge in [-0.2, -0.15) is 0 Å². The minimum absolute atomic E-state index is 0.184. The summed E-state index contributed by atoms with van der Waals surface area (Å²) in [5.74, 6) is 0.570. The Morgan fingerprint density at radius 2 is 1.77 bits per heavy atom. The molecule has 0 saturated carbocycles. The van der Waals surface area contributed by atoms with Crippen molar-refractivity contribution in [3.8, 4) is 5.75 Å². The van der Waals surface area contributed by atoms with Gasteiger partial charge >= 0.3 is 0 Å². The van der Waals surface area contributed by atoms with Gasteiger partial charge in [-0.25, -0.2) is 0 Å². The van der Waals surface area contributed by atoms with E-state index in [0.717, 1.165) is 17.0 Å². The molecule has 0 atom stereocenters. The molecule has 0 fully saturated rings. The van der Waals surface area contributed by atoms with Crippen LogP contribution in [-0.4, -0.2) is 18.1 Å². The molecule has 0 radical (unpaired) electrons. The molecule has 2 N–H and O–H groups in total. The number of ether oxygens (including phenoxy) is 1. The number of thiocarbonyl (C=S) groups is 1. The van der Waals surface area contributed by atoms with Crippen molar-refractivity contribution in [3.05, 3.63) is 59.1 Å². The van der Waals surface area contributed by atoms with Gasteiger partial charge in [-0.1, -0.05) is 23.7 Å². The number of nitrogens with one attached hydrogen (secondary N) is 2. The quantitative estimate of drug-likeness (QED) is 0.841. The normalized spacial score (nSPS) is 9.91. The molecule has 114 valence electrons. The van der Waals surface area contributed by atoms with Gasteiger partial charge in [-0.3, -0.25) is 4.79 Å². The Bertz CT molecular complexity index is 657. The van der Waals surface area contributed by atoms with Gasteiger partial charge in [0.25, 0.3) is 0 Å².